The van der Waals surface area contributed by atoms with E-state index in [0.717, 1.165) is 6.07 Å². The van der Waals surface area contributed by atoms with Crippen LogP contribution in [0.3, 0.4) is 0 Å². The van der Waals surface area contributed by atoms with Crippen LogP contribution in [0.1, 0.15) is 5.56 Å². The number of allylic oxidation sites excluding steroid dienone is 1. The van der Waals surface area contributed by atoms with E-state index in [4.69, 9.17) is 0 Å². The molecule has 1 aromatic carbocycles. The molecule has 3 aliphatic rings. The van der Waals surface area contributed by atoms with Gasteiger partial charge in [0.25, 0.3) is 0 Å². The first-order valence-corrected chi connectivity index (χ1v) is 8.08. The molecule has 26 heavy (non-hydrogen) atoms. The Morgan fingerprint density at radius 2 is 1.96 bits per heavy atom. The van der Waals surface area contributed by atoms with E-state index < -0.39 is 23.3 Å². The van der Waals surface area contributed by atoms with E-state index in [1.807, 2.05) is 0 Å². The van der Waals surface area contributed by atoms with Crippen LogP contribution >= 0.6 is 0 Å². The van der Waals surface area contributed by atoms with E-state index in [1.165, 1.54) is 23.1 Å². The monoisotopic (exact) mass is 371 g/mol. The number of hydrogen-bond acceptors (Lipinski definition) is 6. The molecule has 5 N–H and O–H groups in total. The molecule has 1 atom stereocenters. The number of hydrogen-bond donors (Lipinski definition) is 5. The summed E-state index contributed by atoms with van der Waals surface area (Å²) in [6.07, 6.45) is -2.97. The van der Waals surface area contributed by atoms with Crippen molar-refractivity contribution in [2.45, 2.75) is 11.7 Å². The van der Waals surface area contributed by atoms with Gasteiger partial charge in [-0.25, -0.2) is 4.39 Å². The molecule has 0 spiro atoms. The molecule has 1 aromatic rings. The van der Waals surface area contributed by atoms with Gasteiger partial charge in [0.05, 0.1) is 11.4 Å². The number of para-hydroxylation sites is 1. The summed E-state index contributed by atoms with van der Waals surface area (Å²) in [6, 6.07) is 4.00. The number of nitrogens with zero attached hydrogens (tertiary/aromatic N) is 1. The average Bonchev–Trinajstić information content (AvgIpc) is 2.62. The maximum absolute atomic E-state index is 13.9. The van der Waals surface area contributed by atoms with E-state index >= 15 is 0 Å². The highest BCUT2D eigenvalue weighted by Crippen LogP contribution is 2.42. The molecule has 0 aromatic heterocycles. The largest absolute Gasteiger partial charge is 0.504 e. The Morgan fingerprint density at radius 3 is 2.73 bits per heavy atom. The number of rotatable bonds is 1. The van der Waals surface area contributed by atoms with E-state index in [9.17, 15) is 22.7 Å². The molecular formula is C16H17F4N5O. The molecule has 0 bridgehead atoms. The van der Waals surface area contributed by atoms with E-state index in [0.29, 0.717) is 18.1 Å². The second-order valence-corrected chi connectivity index (χ2v) is 6.42. The first-order chi connectivity index (χ1) is 12.3. The van der Waals surface area contributed by atoms with E-state index in [2.05, 4.69) is 21.5 Å². The van der Waals surface area contributed by atoms with Gasteiger partial charge in [-0.1, -0.05) is 6.07 Å². The van der Waals surface area contributed by atoms with Crippen LogP contribution in [-0.4, -0.2) is 47.9 Å². The van der Waals surface area contributed by atoms with Crippen molar-refractivity contribution in [3.8, 4) is 5.75 Å². The zero-order chi connectivity index (χ0) is 18.5. The summed E-state index contributed by atoms with van der Waals surface area (Å²) in [7, 11) is 0. The third-order valence-electron chi connectivity index (χ3n) is 4.96. The summed E-state index contributed by atoms with van der Waals surface area (Å²) in [5.74, 6) is -0.965. The Hall–Kier alpha value is -2.62. The van der Waals surface area contributed by atoms with Crippen LogP contribution in [0, 0.1) is 5.82 Å². The highest BCUT2D eigenvalue weighted by atomic mass is 19.4. The first-order valence-electron chi connectivity index (χ1n) is 8.08. The minimum atomic E-state index is -4.45. The summed E-state index contributed by atoms with van der Waals surface area (Å²) in [5, 5.41) is 15.5. The van der Waals surface area contributed by atoms with Crippen LogP contribution in [0.15, 0.2) is 35.8 Å². The van der Waals surface area contributed by atoms with E-state index in [-0.39, 0.29) is 30.9 Å². The molecule has 1 saturated heterocycles. The van der Waals surface area contributed by atoms with Crippen molar-refractivity contribution in [2.75, 3.05) is 26.2 Å². The minimum Gasteiger partial charge on any atom is -0.504 e. The van der Waals surface area contributed by atoms with Crippen LogP contribution in [0.5, 0.6) is 5.75 Å². The number of phenols is 1. The van der Waals surface area contributed by atoms with Gasteiger partial charge in [-0.3, -0.25) is 10.9 Å². The van der Waals surface area contributed by atoms with Crippen LogP contribution in [-0.2, 0) is 0 Å². The number of benzene rings is 1. The van der Waals surface area contributed by atoms with Crippen molar-refractivity contribution < 1.29 is 22.7 Å². The molecule has 0 radical (unpaired) electrons. The molecule has 6 nitrogen and oxygen atoms in total. The van der Waals surface area contributed by atoms with Gasteiger partial charge in [0, 0.05) is 31.7 Å². The van der Waals surface area contributed by atoms with E-state index in [1.54, 1.807) is 0 Å². The normalized spacial score (nSPS) is 25.4. The molecule has 3 heterocycles. The Kier molecular flexibility index (Phi) is 3.69. The van der Waals surface area contributed by atoms with Crippen LogP contribution < -0.4 is 21.5 Å². The summed E-state index contributed by atoms with van der Waals surface area (Å²) in [6.45, 7) is 0.0462. The molecule has 4 rings (SSSR count). The third-order valence-corrected chi connectivity index (χ3v) is 4.96. The van der Waals surface area contributed by atoms with Crippen LogP contribution in [0.4, 0.5) is 17.6 Å². The summed E-state index contributed by atoms with van der Waals surface area (Å²) in [4.78, 5) is 1.32. The van der Waals surface area contributed by atoms with Crippen molar-refractivity contribution >= 4 is 5.70 Å². The van der Waals surface area contributed by atoms with Crippen molar-refractivity contribution in [1.29, 1.82) is 0 Å². The lowest BCUT2D eigenvalue weighted by Crippen LogP contribution is -2.74. The fourth-order valence-electron chi connectivity index (χ4n) is 3.56. The van der Waals surface area contributed by atoms with Gasteiger partial charge in [0.2, 0.25) is 0 Å². The van der Waals surface area contributed by atoms with Crippen molar-refractivity contribution in [3.05, 3.63) is 47.2 Å². The summed E-state index contributed by atoms with van der Waals surface area (Å²) >= 11 is 0. The molecule has 140 valence electrons. The number of halogens is 4. The Morgan fingerprint density at radius 1 is 1.15 bits per heavy atom. The second-order valence-electron chi connectivity index (χ2n) is 6.42. The van der Waals surface area contributed by atoms with Gasteiger partial charge in [-0.2, -0.15) is 13.2 Å². The van der Waals surface area contributed by atoms with Crippen LogP contribution in [0.25, 0.3) is 5.70 Å². The fraction of sp³-hybridized carbons (Fsp3) is 0.375. The van der Waals surface area contributed by atoms with Gasteiger partial charge in [0.1, 0.15) is 5.82 Å². The molecular weight excluding hydrogens is 354 g/mol. The predicted octanol–water partition coefficient (Wildman–Crippen LogP) is 0.959. The van der Waals surface area contributed by atoms with Crippen molar-refractivity contribution in [3.63, 3.8) is 0 Å². The highest BCUT2D eigenvalue weighted by molar-refractivity contribution is 5.72. The lowest BCUT2D eigenvalue weighted by molar-refractivity contribution is -0.230. The number of fused-ring (bicyclic) bond motifs is 2. The third kappa shape index (κ3) is 2.36. The van der Waals surface area contributed by atoms with Gasteiger partial charge < -0.3 is 20.6 Å². The maximum Gasteiger partial charge on any atom is 0.414 e. The van der Waals surface area contributed by atoms with Crippen molar-refractivity contribution in [1.82, 2.24) is 26.4 Å². The minimum absolute atomic E-state index is 0.155. The Labute approximate surface area is 146 Å². The zero-order valence-electron chi connectivity index (χ0n) is 13.5. The number of aromatic hydroxyl groups is 1. The number of nitrogens with one attached hydrogen (secondary N) is 4. The molecule has 3 aliphatic heterocycles. The molecule has 10 heteroatoms. The van der Waals surface area contributed by atoms with Crippen molar-refractivity contribution in [2.24, 2.45) is 0 Å². The maximum atomic E-state index is 13.9. The number of phenolic OH excluding ortho intramolecular Hbond substituents is 1. The molecule has 1 fully saturated rings. The SMILES string of the molecule is Oc1c(F)cccc1C1=CC2=C(NCC3(C(F)(F)F)CNCCN23)NN1. The molecule has 0 saturated carbocycles. The van der Waals surface area contributed by atoms with Gasteiger partial charge in [-0.05, 0) is 18.2 Å². The van der Waals surface area contributed by atoms with Gasteiger partial charge in [0.15, 0.2) is 17.1 Å². The van der Waals surface area contributed by atoms with Gasteiger partial charge >= 0.3 is 6.18 Å². The zero-order valence-corrected chi connectivity index (χ0v) is 13.5. The molecule has 0 amide bonds. The number of piperazine rings is 1. The second kappa shape index (κ2) is 5.70. The number of alkyl halides is 3. The quantitative estimate of drug-likeness (QED) is 0.474. The lowest BCUT2D eigenvalue weighted by Gasteiger charge is -2.53. The highest BCUT2D eigenvalue weighted by Gasteiger charge is 2.61. The lowest BCUT2D eigenvalue weighted by atomic mass is 9.90. The first kappa shape index (κ1) is 16.8. The molecule has 0 aliphatic carbocycles. The summed E-state index contributed by atoms with van der Waals surface area (Å²) < 4.78 is 55.3. The fourth-order valence-corrected chi connectivity index (χ4v) is 3.56. The smallest absolute Gasteiger partial charge is 0.414 e. The standard InChI is InChI=1S/C16H17F4N5O/c17-10-3-1-2-9(13(10)26)11-6-12-14(24-23-11)22-8-15(16(18,19)20)7-21-4-5-25(12)15/h1-3,6,21-24,26H,4-5,7-8H2. The summed E-state index contributed by atoms with van der Waals surface area (Å²) in [5.41, 5.74) is 4.26. The Bertz CT molecular complexity index is 806. The predicted molar refractivity (Wildman–Crippen MR) is 85.7 cm³/mol. The average molecular weight is 371 g/mol. The Balaban J connectivity index is 1.79. The topological polar surface area (TPSA) is 71.6 Å². The van der Waals surface area contributed by atoms with Gasteiger partial charge in [-0.15, -0.1) is 0 Å². The molecule has 1 unspecified atom stereocenters. The van der Waals surface area contributed by atoms with Crippen LogP contribution in [0.2, 0.25) is 0 Å². The number of hydrazine groups is 1.